The van der Waals surface area contributed by atoms with Gasteiger partial charge in [0.15, 0.2) is 0 Å². The van der Waals surface area contributed by atoms with Crippen LogP contribution in [-0.4, -0.2) is 47.7 Å². The van der Waals surface area contributed by atoms with Crippen LogP contribution >= 0.6 is 0 Å². The van der Waals surface area contributed by atoms with Crippen molar-refractivity contribution < 1.29 is 4.42 Å². The molecule has 0 unspecified atom stereocenters. The van der Waals surface area contributed by atoms with Gasteiger partial charge in [0.2, 0.25) is 0 Å². The zero-order chi connectivity index (χ0) is 20.2. The molecule has 0 aliphatic carbocycles. The molecule has 1 aromatic carbocycles. The summed E-state index contributed by atoms with van der Waals surface area (Å²) in [5.41, 5.74) is 3.99. The van der Waals surface area contributed by atoms with E-state index in [4.69, 9.17) is 4.42 Å². The van der Waals surface area contributed by atoms with E-state index >= 15 is 0 Å². The minimum atomic E-state index is 0.760. The van der Waals surface area contributed by atoms with Gasteiger partial charge in [0.05, 0.1) is 12.0 Å². The molecular weight excluding hydrogens is 376 g/mol. The number of piperazine rings is 1. The number of nitrogens with one attached hydrogen (secondary N) is 2. The number of para-hydroxylation sites is 1. The van der Waals surface area contributed by atoms with E-state index in [-0.39, 0.29) is 0 Å². The number of hydrogen-bond acceptors (Lipinski definition) is 7. The average molecular weight is 400 g/mol. The fourth-order valence-corrected chi connectivity index (χ4v) is 3.81. The Bertz CT molecular complexity index is 1120. The monoisotopic (exact) mass is 400 g/mol. The average Bonchev–Trinajstić information content (AvgIpc) is 3.30. The van der Waals surface area contributed by atoms with E-state index in [1.54, 1.807) is 12.6 Å². The Balaban J connectivity index is 1.24. The molecule has 0 atom stereocenters. The Morgan fingerprint density at radius 3 is 2.83 bits per heavy atom. The molecule has 30 heavy (non-hydrogen) atoms. The maximum absolute atomic E-state index is 5.61. The largest absolute Gasteiger partial charge is 0.464 e. The summed E-state index contributed by atoms with van der Waals surface area (Å²) in [6.45, 7) is 4.73. The van der Waals surface area contributed by atoms with Crippen LogP contribution in [0, 0.1) is 0 Å². The Morgan fingerprint density at radius 2 is 1.97 bits per heavy atom. The quantitative estimate of drug-likeness (QED) is 0.514. The van der Waals surface area contributed by atoms with Crippen molar-refractivity contribution in [3.05, 3.63) is 66.8 Å². The maximum atomic E-state index is 5.61. The Kier molecular flexibility index (Phi) is 5.26. The van der Waals surface area contributed by atoms with Crippen LogP contribution in [0.5, 0.6) is 0 Å². The lowest BCUT2D eigenvalue weighted by molar-refractivity contribution is 0.585. The second kappa shape index (κ2) is 8.51. The Morgan fingerprint density at radius 1 is 1.03 bits per heavy atom. The molecule has 7 nitrogen and oxygen atoms in total. The summed E-state index contributed by atoms with van der Waals surface area (Å²) in [5, 5.41) is 7.89. The molecule has 4 heterocycles. The third-order valence-electron chi connectivity index (χ3n) is 5.41. The number of benzene rings is 1. The number of pyridine rings is 1. The molecule has 5 rings (SSSR count). The van der Waals surface area contributed by atoms with Crippen molar-refractivity contribution in [1.82, 2.24) is 20.3 Å². The standard InChI is InChI=1S/C23H24N6O/c1-2-17(23-18(3-1)7-13-30-23)6-8-25-21-14-20(27-16-28-21)19-4-5-22(26-15-19)29-11-9-24-10-12-29/h1-5,7,13-16,24H,6,8-12H2,(H,25,27,28). The molecule has 1 aliphatic rings. The van der Waals surface area contributed by atoms with E-state index in [2.05, 4.69) is 60.8 Å². The van der Waals surface area contributed by atoms with Crippen LogP contribution in [0.25, 0.3) is 22.2 Å². The SMILES string of the molecule is c1cc(CCNc2cc(-c3ccc(N4CCNCC4)nc3)ncn2)c2occc2c1. The molecule has 2 N–H and O–H groups in total. The summed E-state index contributed by atoms with van der Waals surface area (Å²) >= 11 is 0. The first-order valence-corrected chi connectivity index (χ1v) is 10.3. The molecule has 1 aliphatic heterocycles. The van der Waals surface area contributed by atoms with Crippen LogP contribution in [-0.2, 0) is 6.42 Å². The van der Waals surface area contributed by atoms with Crippen molar-refractivity contribution in [1.29, 1.82) is 0 Å². The number of rotatable bonds is 6. The molecule has 0 amide bonds. The van der Waals surface area contributed by atoms with Crippen LogP contribution in [0.15, 0.2) is 65.7 Å². The highest BCUT2D eigenvalue weighted by molar-refractivity contribution is 5.80. The summed E-state index contributed by atoms with van der Waals surface area (Å²) in [5.74, 6) is 1.82. The molecule has 1 saturated heterocycles. The van der Waals surface area contributed by atoms with E-state index in [1.807, 2.05) is 18.3 Å². The second-order valence-electron chi connectivity index (χ2n) is 7.36. The van der Waals surface area contributed by atoms with Crippen LogP contribution < -0.4 is 15.5 Å². The fraction of sp³-hybridized carbons (Fsp3) is 0.261. The van der Waals surface area contributed by atoms with Crippen molar-refractivity contribution in [2.45, 2.75) is 6.42 Å². The van der Waals surface area contributed by atoms with Crippen molar-refractivity contribution in [2.75, 3.05) is 42.9 Å². The molecule has 152 valence electrons. The van der Waals surface area contributed by atoms with Crippen molar-refractivity contribution >= 4 is 22.6 Å². The lowest BCUT2D eigenvalue weighted by atomic mass is 10.1. The van der Waals surface area contributed by atoms with Gasteiger partial charge in [0, 0.05) is 55.9 Å². The van der Waals surface area contributed by atoms with Crippen molar-refractivity contribution in [2.24, 2.45) is 0 Å². The number of anilines is 2. The van der Waals surface area contributed by atoms with Gasteiger partial charge >= 0.3 is 0 Å². The predicted molar refractivity (Wildman–Crippen MR) is 119 cm³/mol. The zero-order valence-electron chi connectivity index (χ0n) is 16.7. The zero-order valence-corrected chi connectivity index (χ0v) is 16.7. The minimum absolute atomic E-state index is 0.760. The number of furan rings is 1. The smallest absolute Gasteiger partial charge is 0.137 e. The van der Waals surface area contributed by atoms with Crippen LogP contribution in [0.3, 0.4) is 0 Å². The molecule has 7 heteroatoms. The molecule has 0 bridgehead atoms. The van der Waals surface area contributed by atoms with Gasteiger partial charge in [-0.1, -0.05) is 18.2 Å². The first-order valence-electron chi connectivity index (χ1n) is 10.3. The van der Waals surface area contributed by atoms with Crippen molar-refractivity contribution in [3.8, 4) is 11.3 Å². The van der Waals surface area contributed by atoms with E-state index in [1.165, 1.54) is 5.56 Å². The summed E-state index contributed by atoms with van der Waals surface area (Å²) in [7, 11) is 0. The first kappa shape index (κ1) is 18.6. The fourth-order valence-electron chi connectivity index (χ4n) is 3.81. The van der Waals surface area contributed by atoms with Gasteiger partial charge in [-0.25, -0.2) is 15.0 Å². The van der Waals surface area contributed by atoms with Crippen LogP contribution in [0.4, 0.5) is 11.6 Å². The van der Waals surface area contributed by atoms with Crippen LogP contribution in [0.1, 0.15) is 5.56 Å². The van der Waals surface area contributed by atoms with Gasteiger partial charge in [-0.2, -0.15) is 0 Å². The first-order chi connectivity index (χ1) is 14.9. The van der Waals surface area contributed by atoms with Gasteiger partial charge in [-0.15, -0.1) is 0 Å². The lowest BCUT2D eigenvalue weighted by Crippen LogP contribution is -2.43. The molecule has 1 fully saturated rings. The number of fused-ring (bicyclic) bond motifs is 1. The van der Waals surface area contributed by atoms with Gasteiger partial charge < -0.3 is 20.0 Å². The lowest BCUT2D eigenvalue weighted by Gasteiger charge is -2.28. The third-order valence-corrected chi connectivity index (χ3v) is 5.41. The Labute approximate surface area is 175 Å². The van der Waals surface area contributed by atoms with E-state index < -0.39 is 0 Å². The second-order valence-corrected chi connectivity index (χ2v) is 7.36. The van der Waals surface area contributed by atoms with Crippen molar-refractivity contribution in [3.63, 3.8) is 0 Å². The summed E-state index contributed by atoms with van der Waals surface area (Å²) in [6.07, 6.45) is 6.07. The van der Waals surface area contributed by atoms with Gasteiger partial charge in [0.1, 0.15) is 23.5 Å². The van der Waals surface area contributed by atoms with E-state index in [9.17, 15) is 0 Å². The summed E-state index contributed by atoms with van der Waals surface area (Å²) in [4.78, 5) is 15.7. The molecule has 0 saturated carbocycles. The molecular formula is C23H24N6O. The Hall–Kier alpha value is -3.45. The highest BCUT2D eigenvalue weighted by Crippen LogP contribution is 2.22. The molecule has 0 radical (unpaired) electrons. The minimum Gasteiger partial charge on any atom is -0.464 e. The van der Waals surface area contributed by atoms with Gasteiger partial charge in [-0.05, 0) is 30.2 Å². The number of aromatic nitrogens is 3. The summed E-state index contributed by atoms with van der Waals surface area (Å²) in [6, 6.07) is 14.3. The summed E-state index contributed by atoms with van der Waals surface area (Å²) < 4.78 is 5.61. The van der Waals surface area contributed by atoms with Gasteiger partial charge in [-0.3, -0.25) is 0 Å². The normalized spacial score (nSPS) is 14.2. The highest BCUT2D eigenvalue weighted by atomic mass is 16.3. The van der Waals surface area contributed by atoms with Gasteiger partial charge in [0.25, 0.3) is 0 Å². The van der Waals surface area contributed by atoms with E-state index in [0.29, 0.717) is 0 Å². The van der Waals surface area contributed by atoms with E-state index in [0.717, 1.165) is 73.0 Å². The van der Waals surface area contributed by atoms with Crippen LogP contribution in [0.2, 0.25) is 0 Å². The topological polar surface area (TPSA) is 79.1 Å². The third kappa shape index (κ3) is 3.97. The molecule has 4 aromatic rings. The number of hydrogen-bond donors (Lipinski definition) is 2. The highest BCUT2D eigenvalue weighted by Gasteiger charge is 2.12. The predicted octanol–water partition coefficient (Wildman–Crippen LogP) is 3.35. The maximum Gasteiger partial charge on any atom is 0.137 e. The molecule has 3 aromatic heterocycles. The number of nitrogens with zero attached hydrogens (tertiary/aromatic N) is 4. The molecule has 0 spiro atoms.